The van der Waals surface area contributed by atoms with Gasteiger partial charge >= 0.3 is 0 Å². The lowest BCUT2D eigenvalue weighted by Gasteiger charge is -2.19. The van der Waals surface area contributed by atoms with Gasteiger partial charge in [-0.1, -0.05) is 19.1 Å². The fraction of sp³-hybridized carbons (Fsp3) is 0.429. The van der Waals surface area contributed by atoms with Crippen molar-refractivity contribution in [3.8, 4) is 0 Å². The van der Waals surface area contributed by atoms with Crippen LogP contribution in [0.4, 0.5) is 5.69 Å². The molecule has 1 N–H and O–H groups in total. The number of hydrogen-bond acceptors (Lipinski definition) is 3. The molecule has 2 heterocycles. The Hall–Kier alpha value is -1.49. The number of carbonyl (C=O) groups is 2. The Morgan fingerprint density at radius 3 is 2.95 bits per heavy atom. The average molecular weight is 276 g/mol. The van der Waals surface area contributed by atoms with Crippen molar-refractivity contribution in [2.75, 3.05) is 17.6 Å². The summed E-state index contributed by atoms with van der Waals surface area (Å²) in [5.41, 5.74) is 1.23. The average Bonchev–Trinajstić information content (AvgIpc) is 2.79. The third-order valence-corrected chi connectivity index (χ3v) is 4.79. The second kappa shape index (κ2) is 4.89. The molecule has 0 aliphatic carbocycles. The molecule has 2 aliphatic heterocycles. The summed E-state index contributed by atoms with van der Waals surface area (Å²) in [7, 11) is 0. The van der Waals surface area contributed by atoms with Gasteiger partial charge in [0, 0.05) is 11.8 Å². The van der Waals surface area contributed by atoms with Crippen LogP contribution in [-0.4, -0.2) is 40.3 Å². The first-order valence-electron chi connectivity index (χ1n) is 6.53. The summed E-state index contributed by atoms with van der Waals surface area (Å²) in [6, 6.07) is 6.91. The van der Waals surface area contributed by atoms with Gasteiger partial charge in [0.1, 0.15) is 6.04 Å². The largest absolute Gasteiger partial charge is 0.325 e. The number of fused-ring (bicyclic) bond motifs is 2. The molecular weight excluding hydrogens is 260 g/mol. The molecule has 4 nitrogen and oxygen atoms in total. The first kappa shape index (κ1) is 12.5. The third kappa shape index (κ3) is 2.12. The van der Waals surface area contributed by atoms with Crippen LogP contribution in [0.2, 0.25) is 0 Å². The van der Waals surface area contributed by atoms with Crippen LogP contribution in [-0.2, 0) is 4.79 Å². The second-order valence-electron chi connectivity index (χ2n) is 4.82. The molecule has 19 heavy (non-hydrogen) atoms. The molecule has 1 fully saturated rings. The third-order valence-electron chi connectivity index (χ3n) is 3.64. The van der Waals surface area contributed by atoms with Crippen LogP contribution in [0.3, 0.4) is 0 Å². The van der Waals surface area contributed by atoms with Gasteiger partial charge in [-0.05, 0) is 24.3 Å². The summed E-state index contributed by atoms with van der Waals surface area (Å²) >= 11 is 1.82. The Labute approximate surface area is 116 Å². The lowest BCUT2D eigenvalue weighted by atomic mass is 10.1. The zero-order chi connectivity index (χ0) is 13.4. The predicted octanol–water partition coefficient (Wildman–Crippen LogP) is 1.97. The van der Waals surface area contributed by atoms with Crippen molar-refractivity contribution in [1.82, 2.24) is 4.90 Å². The van der Waals surface area contributed by atoms with Crippen LogP contribution in [0.1, 0.15) is 23.7 Å². The van der Waals surface area contributed by atoms with E-state index in [1.54, 1.807) is 17.0 Å². The molecular formula is C14H16N2O2S. The fourth-order valence-electron chi connectivity index (χ4n) is 2.78. The summed E-state index contributed by atoms with van der Waals surface area (Å²) in [4.78, 5) is 26.5. The van der Waals surface area contributed by atoms with Crippen molar-refractivity contribution in [3.05, 3.63) is 29.8 Å². The molecule has 3 rings (SSSR count). The van der Waals surface area contributed by atoms with E-state index in [1.165, 1.54) is 0 Å². The van der Waals surface area contributed by atoms with Crippen LogP contribution < -0.4 is 5.32 Å². The van der Waals surface area contributed by atoms with Crippen LogP contribution >= 0.6 is 11.8 Å². The highest BCUT2D eigenvalue weighted by atomic mass is 32.2. The van der Waals surface area contributed by atoms with E-state index >= 15 is 0 Å². The summed E-state index contributed by atoms with van der Waals surface area (Å²) in [5, 5.41) is 3.25. The van der Waals surface area contributed by atoms with E-state index < -0.39 is 0 Å². The van der Waals surface area contributed by atoms with Crippen LogP contribution in [0.5, 0.6) is 0 Å². The SMILES string of the molecule is CCS[C@@H]1C[C@@H]2C(=O)Nc3ccccc3C(=O)N2C1. The number of anilines is 1. The van der Waals surface area contributed by atoms with Crippen molar-refractivity contribution in [2.24, 2.45) is 0 Å². The van der Waals surface area contributed by atoms with Gasteiger partial charge in [-0.25, -0.2) is 0 Å². The maximum absolute atomic E-state index is 12.5. The first-order valence-corrected chi connectivity index (χ1v) is 7.58. The minimum Gasteiger partial charge on any atom is -0.325 e. The summed E-state index contributed by atoms with van der Waals surface area (Å²) in [5.74, 6) is 0.924. The first-order chi connectivity index (χ1) is 9.20. The molecule has 0 bridgehead atoms. The van der Waals surface area contributed by atoms with E-state index in [4.69, 9.17) is 0 Å². The topological polar surface area (TPSA) is 49.4 Å². The molecule has 0 saturated carbocycles. The van der Waals surface area contributed by atoms with Gasteiger partial charge in [-0.2, -0.15) is 11.8 Å². The molecule has 0 unspecified atom stereocenters. The number of carbonyl (C=O) groups excluding carboxylic acids is 2. The van der Waals surface area contributed by atoms with E-state index in [-0.39, 0.29) is 17.9 Å². The van der Waals surface area contributed by atoms with Gasteiger partial charge in [-0.15, -0.1) is 0 Å². The van der Waals surface area contributed by atoms with Gasteiger partial charge < -0.3 is 10.2 Å². The molecule has 2 amide bonds. The van der Waals surface area contributed by atoms with E-state index in [0.717, 1.165) is 12.2 Å². The van der Waals surface area contributed by atoms with Crippen molar-refractivity contribution in [3.63, 3.8) is 0 Å². The number of rotatable bonds is 2. The molecule has 5 heteroatoms. The number of nitrogens with zero attached hydrogens (tertiary/aromatic N) is 1. The lowest BCUT2D eigenvalue weighted by Crippen LogP contribution is -2.40. The number of benzene rings is 1. The monoisotopic (exact) mass is 276 g/mol. The van der Waals surface area contributed by atoms with Gasteiger partial charge in [0.2, 0.25) is 5.91 Å². The van der Waals surface area contributed by atoms with Gasteiger partial charge in [0.25, 0.3) is 5.91 Å². The minimum absolute atomic E-state index is 0.0295. The highest BCUT2D eigenvalue weighted by molar-refractivity contribution is 7.99. The van der Waals surface area contributed by atoms with Crippen molar-refractivity contribution in [2.45, 2.75) is 24.6 Å². The summed E-state index contributed by atoms with van der Waals surface area (Å²) in [6.45, 7) is 2.77. The van der Waals surface area contributed by atoms with Gasteiger partial charge in [0.15, 0.2) is 0 Å². The Morgan fingerprint density at radius 1 is 1.37 bits per heavy atom. The predicted molar refractivity (Wildman–Crippen MR) is 76.4 cm³/mol. The van der Waals surface area contributed by atoms with Crippen LogP contribution in [0, 0.1) is 0 Å². The molecule has 1 saturated heterocycles. The highest BCUT2D eigenvalue weighted by Gasteiger charge is 2.42. The van der Waals surface area contributed by atoms with E-state index in [9.17, 15) is 9.59 Å². The number of para-hydroxylation sites is 1. The Balaban J connectivity index is 1.94. The van der Waals surface area contributed by atoms with Crippen LogP contribution in [0.15, 0.2) is 24.3 Å². The smallest absolute Gasteiger partial charge is 0.256 e. The van der Waals surface area contributed by atoms with Crippen molar-refractivity contribution in [1.29, 1.82) is 0 Å². The minimum atomic E-state index is -0.316. The Morgan fingerprint density at radius 2 is 2.16 bits per heavy atom. The number of hydrogen-bond donors (Lipinski definition) is 1. The summed E-state index contributed by atoms with van der Waals surface area (Å²) in [6.07, 6.45) is 0.754. The highest BCUT2D eigenvalue weighted by Crippen LogP contribution is 2.33. The number of amides is 2. The normalized spacial score (nSPS) is 25.6. The summed E-state index contributed by atoms with van der Waals surface area (Å²) < 4.78 is 0. The number of thioether (sulfide) groups is 1. The number of nitrogens with one attached hydrogen (secondary N) is 1. The maximum Gasteiger partial charge on any atom is 0.256 e. The van der Waals surface area contributed by atoms with Crippen molar-refractivity contribution >= 4 is 29.3 Å². The lowest BCUT2D eigenvalue weighted by molar-refractivity contribution is -0.119. The molecule has 1 aromatic carbocycles. The molecule has 0 aromatic heterocycles. The Kier molecular flexibility index (Phi) is 3.22. The fourth-order valence-corrected chi connectivity index (χ4v) is 3.83. The molecule has 2 atom stereocenters. The molecule has 100 valence electrons. The van der Waals surface area contributed by atoms with E-state index in [2.05, 4.69) is 12.2 Å². The van der Waals surface area contributed by atoms with E-state index in [1.807, 2.05) is 23.9 Å². The molecule has 0 radical (unpaired) electrons. The van der Waals surface area contributed by atoms with Gasteiger partial charge in [0.05, 0.1) is 11.3 Å². The quantitative estimate of drug-likeness (QED) is 0.898. The zero-order valence-corrected chi connectivity index (χ0v) is 11.6. The van der Waals surface area contributed by atoms with Crippen molar-refractivity contribution < 1.29 is 9.59 Å². The maximum atomic E-state index is 12.5. The van der Waals surface area contributed by atoms with E-state index in [0.29, 0.717) is 23.0 Å². The standard InChI is InChI=1S/C14H16N2O2S/c1-2-19-9-7-12-13(17)15-11-6-4-3-5-10(11)14(18)16(12)8-9/h3-6,9,12H,2,7-8H2,1H3,(H,15,17)/t9-,12-/m1/s1. The molecule has 0 spiro atoms. The molecule has 2 aliphatic rings. The molecule has 1 aromatic rings. The van der Waals surface area contributed by atoms with Crippen LogP contribution in [0.25, 0.3) is 0 Å². The van der Waals surface area contributed by atoms with Gasteiger partial charge in [-0.3, -0.25) is 9.59 Å². The Bertz CT molecular complexity index is 532. The zero-order valence-electron chi connectivity index (χ0n) is 10.8. The second-order valence-corrected chi connectivity index (χ2v) is 6.40.